The largest absolute Gasteiger partial charge is 0.395 e. The van der Waals surface area contributed by atoms with E-state index in [9.17, 15) is 0 Å². The van der Waals surface area contributed by atoms with Crippen LogP contribution in [0.5, 0.6) is 0 Å². The van der Waals surface area contributed by atoms with Gasteiger partial charge in [0.05, 0.1) is 12.3 Å². The average Bonchev–Trinajstić information content (AvgIpc) is 2.31. The zero-order valence-electron chi connectivity index (χ0n) is 10.1. The van der Waals surface area contributed by atoms with Crippen molar-refractivity contribution in [1.82, 2.24) is 9.88 Å². The third-order valence-corrected chi connectivity index (χ3v) is 2.61. The third kappa shape index (κ3) is 5.24. The molecule has 0 aliphatic heterocycles. The monoisotopic (exact) mass is 222 g/mol. The van der Waals surface area contributed by atoms with Crippen LogP contribution in [-0.4, -0.2) is 34.7 Å². The Morgan fingerprint density at radius 1 is 1.25 bits per heavy atom. The first-order valence-electron chi connectivity index (χ1n) is 6.10. The fourth-order valence-corrected chi connectivity index (χ4v) is 1.72. The van der Waals surface area contributed by atoms with Gasteiger partial charge in [-0.2, -0.15) is 0 Å². The second-order valence-electron chi connectivity index (χ2n) is 4.03. The molecule has 1 aromatic heterocycles. The van der Waals surface area contributed by atoms with Gasteiger partial charge in [-0.1, -0.05) is 25.8 Å². The average molecular weight is 222 g/mol. The number of aliphatic hydroxyl groups is 1. The Bertz CT molecular complexity index is 264. The molecule has 0 aliphatic rings. The lowest BCUT2D eigenvalue weighted by atomic mass is 10.2. The molecule has 0 spiro atoms. The molecule has 0 saturated heterocycles. The van der Waals surface area contributed by atoms with E-state index >= 15 is 0 Å². The van der Waals surface area contributed by atoms with Crippen LogP contribution >= 0.6 is 0 Å². The van der Waals surface area contributed by atoms with Gasteiger partial charge < -0.3 is 5.11 Å². The molecule has 0 aliphatic carbocycles. The third-order valence-electron chi connectivity index (χ3n) is 2.61. The van der Waals surface area contributed by atoms with E-state index in [0.717, 1.165) is 25.3 Å². The maximum atomic E-state index is 9.01. The van der Waals surface area contributed by atoms with Crippen molar-refractivity contribution >= 4 is 0 Å². The molecule has 1 heterocycles. The predicted octanol–water partition coefficient (Wildman–Crippen LogP) is 2.07. The highest BCUT2D eigenvalue weighted by atomic mass is 16.3. The Morgan fingerprint density at radius 3 is 2.75 bits per heavy atom. The van der Waals surface area contributed by atoms with E-state index < -0.39 is 0 Å². The standard InChI is InChI=1S/C13H22N2O/c1-2-3-6-9-15(10-11-16)12-13-7-4-5-8-14-13/h4-5,7-8,16H,2-3,6,9-12H2,1H3. The van der Waals surface area contributed by atoms with Crippen LogP contribution in [0.3, 0.4) is 0 Å². The van der Waals surface area contributed by atoms with Crippen LogP contribution in [0.1, 0.15) is 31.9 Å². The van der Waals surface area contributed by atoms with Gasteiger partial charge in [-0.25, -0.2) is 0 Å². The summed E-state index contributed by atoms with van der Waals surface area (Å²) in [5.41, 5.74) is 1.08. The Balaban J connectivity index is 2.38. The van der Waals surface area contributed by atoms with Crippen molar-refractivity contribution in [3.63, 3.8) is 0 Å². The van der Waals surface area contributed by atoms with Crippen LogP contribution < -0.4 is 0 Å². The van der Waals surface area contributed by atoms with Gasteiger partial charge in [-0.3, -0.25) is 9.88 Å². The first-order chi connectivity index (χ1) is 7.86. The topological polar surface area (TPSA) is 36.4 Å². The first kappa shape index (κ1) is 13.1. The molecule has 0 atom stereocenters. The molecular formula is C13H22N2O. The lowest BCUT2D eigenvalue weighted by molar-refractivity contribution is 0.186. The Morgan fingerprint density at radius 2 is 2.12 bits per heavy atom. The fraction of sp³-hybridized carbons (Fsp3) is 0.615. The van der Waals surface area contributed by atoms with Crippen LogP contribution in [0.15, 0.2) is 24.4 Å². The highest BCUT2D eigenvalue weighted by molar-refractivity contribution is 5.03. The predicted molar refractivity (Wildman–Crippen MR) is 66.1 cm³/mol. The van der Waals surface area contributed by atoms with Crippen LogP contribution in [0.2, 0.25) is 0 Å². The number of hydrogen-bond donors (Lipinski definition) is 1. The minimum absolute atomic E-state index is 0.221. The summed E-state index contributed by atoms with van der Waals surface area (Å²) in [7, 11) is 0. The summed E-state index contributed by atoms with van der Waals surface area (Å²) in [4.78, 5) is 6.57. The molecule has 0 saturated carbocycles. The summed E-state index contributed by atoms with van der Waals surface area (Å²) in [6.07, 6.45) is 5.50. The van der Waals surface area contributed by atoms with Gasteiger partial charge in [0.2, 0.25) is 0 Å². The van der Waals surface area contributed by atoms with E-state index in [-0.39, 0.29) is 6.61 Å². The van der Waals surface area contributed by atoms with Crippen molar-refractivity contribution in [3.8, 4) is 0 Å². The van der Waals surface area contributed by atoms with Gasteiger partial charge >= 0.3 is 0 Å². The Kier molecular flexibility index (Phi) is 6.77. The number of pyridine rings is 1. The summed E-state index contributed by atoms with van der Waals surface area (Å²) < 4.78 is 0. The van der Waals surface area contributed by atoms with Gasteiger partial charge in [0.15, 0.2) is 0 Å². The van der Waals surface area contributed by atoms with E-state index in [2.05, 4.69) is 16.8 Å². The fourth-order valence-electron chi connectivity index (χ4n) is 1.72. The second kappa shape index (κ2) is 8.25. The molecule has 0 fully saturated rings. The molecule has 16 heavy (non-hydrogen) atoms. The Labute approximate surface area is 98.1 Å². The van der Waals surface area contributed by atoms with Crippen molar-refractivity contribution < 1.29 is 5.11 Å². The number of hydrogen-bond acceptors (Lipinski definition) is 3. The molecule has 0 aromatic carbocycles. The highest BCUT2D eigenvalue weighted by Gasteiger charge is 2.05. The lowest BCUT2D eigenvalue weighted by Crippen LogP contribution is -2.28. The van der Waals surface area contributed by atoms with Gasteiger partial charge in [-0.05, 0) is 25.1 Å². The van der Waals surface area contributed by atoms with Gasteiger partial charge in [-0.15, -0.1) is 0 Å². The van der Waals surface area contributed by atoms with E-state index in [0.29, 0.717) is 0 Å². The van der Waals surface area contributed by atoms with Crippen molar-refractivity contribution in [2.75, 3.05) is 19.7 Å². The minimum atomic E-state index is 0.221. The summed E-state index contributed by atoms with van der Waals surface area (Å²) in [6, 6.07) is 5.96. The summed E-state index contributed by atoms with van der Waals surface area (Å²) in [5.74, 6) is 0. The molecule has 0 radical (unpaired) electrons. The molecule has 1 aromatic rings. The van der Waals surface area contributed by atoms with Crippen LogP contribution in [0.25, 0.3) is 0 Å². The number of rotatable bonds is 8. The molecule has 0 bridgehead atoms. The maximum Gasteiger partial charge on any atom is 0.0558 e. The van der Waals surface area contributed by atoms with E-state index in [1.54, 1.807) is 0 Å². The zero-order chi connectivity index (χ0) is 11.6. The SMILES string of the molecule is CCCCCN(CCO)Cc1ccccn1. The molecular weight excluding hydrogens is 200 g/mol. The number of nitrogens with zero attached hydrogens (tertiary/aromatic N) is 2. The normalized spacial score (nSPS) is 10.9. The Hall–Kier alpha value is -0.930. The molecule has 0 unspecified atom stereocenters. The quantitative estimate of drug-likeness (QED) is 0.684. The molecule has 3 nitrogen and oxygen atoms in total. The van der Waals surface area contributed by atoms with Gasteiger partial charge in [0.1, 0.15) is 0 Å². The number of aliphatic hydroxyl groups excluding tert-OH is 1. The smallest absolute Gasteiger partial charge is 0.0558 e. The van der Waals surface area contributed by atoms with Crippen molar-refractivity contribution in [2.45, 2.75) is 32.7 Å². The molecule has 0 amide bonds. The second-order valence-corrected chi connectivity index (χ2v) is 4.03. The maximum absolute atomic E-state index is 9.01. The van der Waals surface area contributed by atoms with Crippen LogP contribution in [-0.2, 0) is 6.54 Å². The summed E-state index contributed by atoms with van der Waals surface area (Å²) in [6.45, 7) is 5.05. The first-order valence-corrected chi connectivity index (χ1v) is 6.10. The molecule has 1 rings (SSSR count). The zero-order valence-corrected chi connectivity index (χ0v) is 10.1. The van der Waals surface area contributed by atoms with Crippen molar-refractivity contribution in [1.29, 1.82) is 0 Å². The molecule has 3 heteroatoms. The van der Waals surface area contributed by atoms with Crippen LogP contribution in [0.4, 0.5) is 0 Å². The number of unbranched alkanes of at least 4 members (excludes halogenated alkanes) is 2. The van der Waals surface area contributed by atoms with Crippen molar-refractivity contribution in [3.05, 3.63) is 30.1 Å². The van der Waals surface area contributed by atoms with Gasteiger partial charge in [0, 0.05) is 19.3 Å². The van der Waals surface area contributed by atoms with E-state index in [1.165, 1.54) is 19.3 Å². The minimum Gasteiger partial charge on any atom is -0.395 e. The molecule has 1 N–H and O–H groups in total. The van der Waals surface area contributed by atoms with Gasteiger partial charge in [0.25, 0.3) is 0 Å². The summed E-state index contributed by atoms with van der Waals surface area (Å²) >= 11 is 0. The lowest BCUT2D eigenvalue weighted by Gasteiger charge is -2.20. The van der Waals surface area contributed by atoms with E-state index in [1.807, 2.05) is 24.4 Å². The highest BCUT2D eigenvalue weighted by Crippen LogP contribution is 2.03. The van der Waals surface area contributed by atoms with Crippen molar-refractivity contribution in [2.24, 2.45) is 0 Å². The molecule has 90 valence electrons. The summed E-state index contributed by atoms with van der Waals surface area (Å²) in [5, 5.41) is 9.01. The van der Waals surface area contributed by atoms with Crippen LogP contribution in [0, 0.1) is 0 Å². The van der Waals surface area contributed by atoms with E-state index in [4.69, 9.17) is 5.11 Å². The number of aromatic nitrogens is 1.